The molecule has 0 heterocycles. The maximum absolute atomic E-state index is 12.0. The van der Waals surface area contributed by atoms with E-state index in [1.165, 1.54) is 19.2 Å². The maximum atomic E-state index is 12.0. The Balaban J connectivity index is 2.10. The van der Waals surface area contributed by atoms with Crippen LogP contribution in [-0.2, 0) is 9.59 Å². The molecule has 120 valence electrons. The van der Waals surface area contributed by atoms with Crippen LogP contribution in [0.1, 0.15) is 5.56 Å². The largest absolute Gasteiger partial charge is 0.495 e. The zero-order chi connectivity index (χ0) is 17.0. The van der Waals surface area contributed by atoms with Crippen LogP contribution in [0.5, 0.6) is 5.75 Å². The van der Waals surface area contributed by atoms with E-state index in [-0.39, 0.29) is 5.02 Å². The van der Waals surface area contributed by atoms with Crippen LogP contribution in [0, 0.1) is 6.92 Å². The van der Waals surface area contributed by atoms with Gasteiger partial charge in [0.15, 0.2) is 0 Å². The monoisotopic (exact) mass is 352 g/mol. The zero-order valence-electron chi connectivity index (χ0n) is 12.4. The molecule has 0 atom stereocenters. The van der Waals surface area contributed by atoms with Gasteiger partial charge in [-0.05, 0) is 42.8 Å². The molecule has 5 nitrogen and oxygen atoms in total. The number of hydrogen-bond donors (Lipinski definition) is 2. The lowest BCUT2D eigenvalue weighted by molar-refractivity contribution is -0.133. The van der Waals surface area contributed by atoms with Gasteiger partial charge in [-0.2, -0.15) is 0 Å². The Hall–Kier alpha value is -2.24. The van der Waals surface area contributed by atoms with Crippen LogP contribution < -0.4 is 15.4 Å². The quantitative estimate of drug-likeness (QED) is 0.823. The average Bonchev–Trinajstić information content (AvgIpc) is 2.51. The summed E-state index contributed by atoms with van der Waals surface area (Å²) in [6, 6.07) is 9.80. The number of anilines is 2. The van der Waals surface area contributed by atoms with E-state index < -0.39 is 11.8 Å². The van der Waals surface area contributed by atoms with E-state index in [1.807, 2.05) is 13.0 Å². The Morgan fingerprint density at radius 3 is 2.30 bits per heavy atom. The van der Waals surface area contributed by atoms with E-state index in [0.717, 1.165) is 5.56 Å². The normalized spacial score (nSPS) is 10.1. The first-order chi connectivity index (χ1) is 10.9. The molecule has 0 aliphatic carbocycles. The van der Waals surface area contributed by atoms with E-state index in [9.17, 15) is 9.59 Å². The molecule has 0 aromatic heterocycles. The van der Waals surface area contributed by atoms with Gasteiger partial charge in [-0.25, -0.2) is 0 Å². The fraction of sp³-hybridized carbons (Fsp3) is 0.125. The molecule has 0 aliphatic rings. The van der Waals surface area contributed by atoms with Crippen molar-refractivity contribution in [1.29, 1.82) is 0 Å². The predicted octanol–water partition coefficient (Wildman–Crippen LogP) is 3.89. The number of benzene rings is 2. The Morgan fingerprint density at radius 2 is 1.65 bits per heavy atom. The maximum Gasteiger partial charge on any atom is 0.314 e. The molecule has 0 radical (unpaired) electrons. The third-order valence-electron chi connectivity index (χ3n) is 2.99. The second-order valence-electron chi connectivity index (χ2n) is 4.74. The molecule has 2 amide bonds. The van der Waals surface area contributed by atoms with Crippen LogP contribution in [0.4, 0.5) is 11.4 Å². The van der Waals surface area contributed by atoms with E-state index in [1.54, 1.807) is 18.2 Å². The minimum absolute atomic E-state index is 0.283. The van der Waals surface area contributed by atoms with Crippen LogP contribution >= 0.6 is 23.2 Å². The van der Waals surface area contributed by atoms with Gasteiger partial charge in [0, 0.05) is 5.69 Å². The zero-order valence-corrected chi connectivity index (χ0v) is 14.0. The van der Waals surface area contributed by atoms with Crippen LogP contribution in [0.3, 0.4) is 0 Å². The molecule has 7 heteroatoms. The number of aryl methyl sites for hydroxylation is 1. The van der Waals surface area contributed by atoms with Crippen molar-refractivity contribution in [2.45, 2.75) is 6.92 Å². The number of ether oxygens (including phenoxy) is 1. The fourth-order valence-electron chi connectivity index (χ4n) is 1.86. The first kappa shape index (κ1) is 17.1. The highest BCUT2D eigenvalue weighted by Crippen LogP contribution is 2.26. The third kappa shape index (κ3) is 4.37. The summed E-state index contributed by atoms with van der Waals surface area (Å²) in [4.78, 5) is 24.0. The van der Waals surface area contributed by atoms with Gasteiger partial charge >= 0.3 is 11.8 Å². The Morgan fingerprint density at radius 1 is 0.957 bits per heavy atom. The van der Waals surface area contributed by atoms with Crippen molar-refractivity contribution in [2.24, 2.45) is 0 Å². The first-order valence-corrected chi connectivity index (χ1v) is 7.38. The molecule has 0 aliphatic heterocycles. The second-order valence-corrected chi connectivity index (χ2v) is 5.56. The van der Waals surface area contributed by atoms with Gasteiger partial charge in [0.25, 0.3) is 0 Å². The predicted molar refractivity (Wildman–Crippen MR) is 91.5 cm³/mol. The number of rotatable bonds is 3. The molecule has 2 N–H and O–H groups in total. The van der Waals surface area contributed by atoms with Crippen molar-refractivity contribution in [2.75, 3.05) is 17.7 Å². The summed E-state index contributed by atoms with van der Waals surface area (Å²) in [6.07, 6.45) is 0. The Labute approximate surface area is 143 Å². The highest BCUT2D eigenvalue weighted by molar-refractivity contribution is 6.44. The lowest BCUT2D eigenvalue weighted by Gasteiger charge is -2.11. The minimum atomic E-state index is -0.827. The lowest BCUT2D eigenvalue weighted by Crippen LogP contribution is -2.29. The fourth-order valence-corrected chi connectivity index (χ4v) is 2.16. The summed E-state index contributed by atoms with van der Waals surface area (Å²) in [7, 11) is 1.48. The van der Waals surface area contributed by atoms with E-state index >= 15 is 0 Å². The van der Waals surface area contributed by atoms with Crippen molar-refractivity contribution in [3.63, 3.8) is 0 Å². The molecular weight excluding hydrogens is 339 g/mol. The van der Waals surface area contributed by atoms with Crippen LogP contribution in [0.25, 0.3) is 0 Å². The van der Waals surface area contributed by atoms with Gasteiger partial charge < -0.3 is 15.4 Å². The molecular formula is C16H14Cl2N2O3. The van der Waals surface area contributed by atoms with Gasteiger partial charge in [0.05, 0.1) is 22.8 Å². The molecule has 0 spiro atoms. The van der Waals surface area contributed by atoms with Gasteiger partial charge in [0.1, 0.15) is 5.75 Å². The van der Waals surface area contributed by atoms with E-state index in [2.05, 4.69) is 10.6 Å². The molecule has 0 unspecified atom stereocenters. The standard InChI is InChI=1S/C16H14Cl2N2O3/c1-9-3-6-14(23-2)13(7-9)20-16(22)15(21)19-10-4-5-11(17)12(18)8-10/h3-8H,1-2H3,(H,19,21)(H,20,22). The number of halogens is 2. The van der Waals surface area contributed by atoms with Gasteiger partial charge in [0.2, 0.25) is 0 Å². The van der Waals surface area contributed by atoms with Crippen molar-refractivity contribution in [3.8, 4) is 5.75 Å². The van der Waals surface area contributed by atoms with Gasteiger partial charge in [-0.1, -0.05) is 29.3 Å². The first-order valence-electron chi connectivity index (χ1n) is 6.62. The molecule has 2 aromatic carbocycles. The number of hydrogen-bond acceptors (Lipinski definition) is 3. The van der Waals surface area contributed by atoms with Gasteiger partial charge in [-0.3, -0.25) is 9.59 Å². The highest BCUT2D eigenvalue weighted by Gasteiger charge is 2.16. The summed E-state index contributed by atoms with van der Waals surface area (Å²) in [5.74, 6) is -1.18. The number of amides is 2. The topological polar surface area (TPSA) is 67.4 Å². The summed E-state index contributed by atoms with van der Waals surface area (Å²) in [5, 5.41) is 5.60. The Kier molecular flexibility index (Phi) is 5.47. The second kappa shape index (κ2) is 7.35. The van der Waals surface area contributed by atoms with Crippen molar-refractivity contribution >= 4 is 46.4 Å². The summed E-state index contributed by atoms with van der Waals surface area (Å²) in [6.45, 7) is 1.87. The van der Waals surface area contributed by atoms with Crippen LogP contribution in [0.2, 0.25) is 10.0 Å². The minimum Gasteiger partial charge on any atom is -0.495 e. The van der Waals surface area contributed by atoms with Crippen molar-refractivity contribution < 1.29 is 14.3 Å². The van der Waals surface area contributed by atoms with E-state index in [4.69, 9.17) is 27.9 Å². The molecule has 23 heavy (non-hydrogen) atoms. The van der Waals surface area contributed by atoms with Crippen molar-refractivity contribution in [1.82, 2.24) is 0 Å². The summed E-state index contributed by atoms with van der Waals surface area (Å²) in [5.41, 5.74) is 1.71. The summed E-state index contributed by atoms with van der Waals surface area (Å²) >= 11 is 11.7. The molecule has 2 rings (SSSR count). The number of methoxy groups -OCH3 is 1. The molecule has 0 saturated heterocycles. The van der Waals surface area contributed by atoms with E-state index in [0.29, 0.717) is 22.1 Å². The van der Waals surface area contributed by atoms with Crippen LogP contribution in [0.15, 0.2) is 36.4 Å². The van der Waals surface area contributed by atoms with Gasteiger partial charge in [-0.15, -0.1) is 0 Å². The number of nitrogens with one attached hydrogen (secondary N) is 2. The average molecular weight is 353 g/mol. The third-order valence-corrected chi connectivity index (χ3v) is 3.73. The molecule has 2 aromatic rings. The Bertz CT molecular complexity index is 763. The summed E-state index contributed by atoms with van der Waals surface area (Å²) < 4.78 is 5.15. The molecule has 0 bridgehead atoms. The van der Waals surface area contributed by atoms with Crippen LogP contribution in [-0.4, -0.2) is 18.9 Å². The van der Waals surface area contributed by atoms with Crippen molar-refractivity contribution in [3.05, 3.63) is 52.0 Å². The molecule has 0 fully saturated rings. The highest BCUT2D eigenvalue weighted by atomic mass is 35.5. The lowest BCUT2D eigenvalue weighted by atomic mass is 10.2. The smallest absolute Gasteiger partial charge is 0.314 e. The number of carbonyl (C=O) groups is 2. The SMILES string of the molecule is COc1ccc(C)cc1NC(=O)C(=O)Nc1ccc(Cl)c(Cl)c1. The number of carbonyl (C=O) groups excluding carboxylic acids is 2. The molecule has 0 saturated carbocycles.